The Morgan fingerprint density at radius 2 is 2.32 bits per heavy atom. The topological polar surface area (TPSA) is 36.7 Å². The maximum absolute atomic E-state index is 4.65. The van der Waals surface area contributed by atoms with E-state index < -0.39 is 0 Å². The number of nitrogens with zero attached hydrogens (tertiary/aromatic N) is 5. The monoisotopic (exact) mass is 323 g/mol. The lowest BCUT2D eigenvalue weighted by molar-refractivity contribution is 0.371. The van der Waals surface area contributed by atoms with E-state index in [4.69, 9.17) is 0 Å². The fourth-order valence-electron chi connectivity index (χ4n) is 2.80. The van der Waals surface area contributed by atoms with E-state index in [0.717, 1.165) is 29.2 Å². The van der Waals surface area contributed by atoms with Crippen LogP contribution >= 0.6 is 15.9 Å². The summed E-state index contributed by atoms with van der Waals surface area (Å²) in [6.45, 7) is 2.12. The van der Waals surface area contributed by atoms with E-state index in [-0.39, 0.29) is 0 Å². The van der Waals surface area contributed by atoms with Crippen LogP contribution in [0.2, 0.25) is 0 Å². The normalized spacial score (nSPS) is 19.8. The van der Waals surface area contributed by atoms with Gasteiger partial charge in [-0.05, 0) is 42.9 Å². The molecule has 1 atom stereocenters. The molecule has 0 amide bonds. The summed E-state index contributed by atoms with van der Waals surface area (Å²) in [5.41, 5.74) is 0.939. The predicted octanol–water partition coefficient (Wildman–Crippen LogP) is 2.02. The molecule has 19 heavy (non-hydrogen) atoms. The summed E-state index contributed by atoms with van der Waals surface area (Å²) in [4.78, 5) is 13.7. The van der Waals surface area contributed by atoms with Crippen LogP contribution < -0.4 is 4.90 Å². The van der Waals surface area contributed by atoms with Gasteiger partial charge in [0.2, 0.25) is 0 Å². The van der Waals surface area contributed by atoms with Gasteiger partial charge in [-0.1, -0.05) is 0 Å². The van der Waals surface area contributed by atoms with Crippen LogP contribution in [0, 0.1) is 0 Å². The second-order valence-electron chi connectivity index (χ2n) is 5.30. The second-order valence-corrected chi connectivity index (χ2v) is 6.11. The van der Waals surface area contributed by atoms with Crippen molar-refractivity contribution in [1.82, 2.24) is 19.3 Å². The van der Waals surface area contributed by atoms with Crippen molar-refractivity contribution < 1.29 is 0 Å². The zero-order chi connectivity index (χ0) is 13.4. The number of aromatic nitrogens is 3. The summed E-state index contributed by atoms with van der Waals surface area (Å²) in [7, 11) is 4.24. The Labute approximate surface area is 121 Å². The average Bonchev–Trinajstić information content (AvgIpc) is 2.95. The van der Waals surface area contributed by atoms with Crippen molar-refractivity contribution in [2.75, 3.05) is 32.1 Å². The molecule has 1 fully saturated rings. The van der Waals surface area contributed by atoms with Crippen LogP contribution in [0.5, 0.6) is 0 Å². The maximum Gasteiger partial charge on any atom is 0.180 e. The van der Waals surface area contributed by atoms with E-state index in [0.29, 0.717) is 6.04 Å². The van der Waals surface area contributed by atoms with Gasteiger partial charge in [0.25, 0.3) is 0 Å². The van der Waals surface area contributed by atoms with Crippen LogP contribution in [0.3, 0.4) is 0 Å². The van der Waals surface area contributed by atoms with Gasteiger partial charge < -0.3 is 14.2 Å². The van der Waals surface area contributed by atoms with E-state index in [1.165, 1.54) is 12.8 Å². The fraction of sp³-hybridized carbons (Fsp3) is 0.538. The molecule has 0 aromatic carbocycles. The minimum absolute atomic E-state index is 0.525. The summed E-state index contributed by atoms with van der Waals surface area (Å²) >= 11 is 3.49. The molecule has 0 spiro atoms. The highest BCUT2D eigenvalue weighted by molar-refractivity contribution is 9.10. The number of rotatable bonds is 3. The van der Waals surface area contributed by atoms with Crippen LogP contribution in [0.25, 0.3) is 5.65 Å². The van der Waals surface area contributed by atoms with Gasteiger partial charge in [-0.3, -0.25) is 0 Å². The number of imidazole rings is 1. The average molecular weight is 324 g/mol. The van der Waals surface area contributed by atoms with Crippen molar-refractivity contribution in [2.45, 2.75) is 18.9 Å². The number of halogens is 1. The van der Waals surface area contributed by atoms with Crippen molar-refractivity contribution >= 4 is 27.4 Å². The first kappa shape index (κ1) is 12.9. The van der Waals surface area contributed by atoms with Crippen molar-refractivity contribution in [3.05, 3.63) is 23.2 Å². The van der Waals surface area contributed by atoms with Gasteiger partial charge in [-0.2, -0.15) is 0 Å². The minimum atomic E-state index is 0.525. The maximum atomic E-state index is 4.65. The van der Waals surface area contributed by atoms with Crippen molar-refractivity contribution in [2.24, 2.45) is 0 Å². The lowest BCUT2D eigenvalue weighted by atomic mass is 10.2. The molecule has 102 valence electrons. The molecule has 0 radical (unpaired) electrons. The van der Waals surface area contributed by atoms with E-state index in [9.17, 15) is 0 Å². The first-order valence-electron chi connectivity index (χ1n) is 6.56. The third-order valence-corrected chi connectivity index (χ3v) is 3.93. The van der Waals surface area contributed by atoms with Crippen LogP contribution in [0.4, 0.5) is 5.82 Å². The summed E-state index contributed by atoms with van der Waals surface area (Å²) in [5, 5.41) is 0. The Morgan fingerprint density at radius 1 is 1.47 bits per heavy atom. The fourth-order valence-corrected chi connectivity index (χ4v) is 3.19. The summed E-state index contributed by atoms with van der Waals surface area (Å²) < 4.78 is 2.88. The molecule has 1 aliphatic heterocycles. The lowest BCUT2D eigenvalue weighted by Crippen LogP contribution is -2.38. The molecule has 5 nitrogen and oxygen atoms in total. The molecular weight excluding hydrogens is 306 g/mol. The Balaban J connectivity index is 2.00. The Hall–Kier alpha value is -1.14. The zero-order valence-corrected chi connectivity index (χ0v) is 12.8. The van der Waals surface area contributed by atoms with Crippen LogP contribution in [0.15, 0.2) is 23.2 Å². The Morgan fingerprint density at radius 3 is 3.11 bits per heavy atom. The number of hydrogen-bond acceptors (Lipinski definition) is 4. The highest BCUT2D eigenvalue weighted by atomic mass is 79.9. The summed E-state index contributed by atoms with van der Waals surface area (Å²) in [5.74, 6) is 0.990. The first-order valence-corrected chi connectivity index (χ1v) is 7.35. The van der Waals surface area contributed by atoms with Crippen molar-refractivity contribution in [3.63, 3.8) is 0 Å². The van der Waals surface area contributed by atoms with Crippen molar-refractivity contribution in [1.29, 1.82) is 0 Å². The third kappa shape index (κ3) is 2.47. The third-order valence-electron chi connectivity index (χ3n) is 3.55. The largest absolute Gasteiger partial charge is 0.349 e. The van der Waals surface area contributed by atoms with Crippen LogP contribution in [0.1, 0.15) is 12.8 Å². The standard InChI is InChI=1S/C13H18BrN5/c1-17(2)8-10-4-3-6-19(10)13-12-15-5-7-18(12)9-11(14)16-13/h5,7,9-10H,3-4,6,8H2,1-2H3. The van der Waals surface area contributed by atoms with E-state index >= 15 is 0 Å². The quantitative estimate of drug-likeness (QED) is 0.866. The highest BCUT2D eigenvalue weighted by Crippen LogP contribution is 2.28. The molecule has 3 rings (SSSR count). The lowest BCUT2D eigenvalue weighted by Gasteiger charge is -2.28. The van der Waals surface area contributed by atoms with Crippen LogP contribution in [-0.4, -0.2) is 52.5 Å². The molecule has 0 saturated carbocycles. The molecule has 1 aliphatic rings. The molecule has 1 unspecified atom stereocenters. The molecule has 2 aromatic rings. The first-order chi connectivity index (χ1) is 9.15. The molecule has 3 heterocycles. The van der Waals surface area contributed by atoms with E-state index in [1.54, 1.807) is 0 Å². The van der Waals surface area contributed by atoms with Crippen molar-refractivity contribution in [3.8, 4) is 0 Å². The molecule has 2 aromatic heterocycles. The highest BCUT2D eigenvalue weighted by Gasteiger charge is 2.28. The molecule has 1 saturated heterocycles. The predicted molar refractivity (Wildman–Crippen MR) is 79.6 cm³/mol. The molecule has 6 heteroatoms. The second kappa shape index (κ2) is 5.09. The molecule has 0 N–H and O–H groups in total. The van der Waals surface area contributed by atoms with Crippen LogP contribution in [-0.2, 0) is 0 Å². The van der Waals surface area contributed by atoms with Gasteiger partial charge in [0.15, 0.2) is 11.5 Å². The van der Waals surface area contributed by atoms with Gasteiger partial charge in [0.05, 0.1) is 0 Å². The smallest absolute Gasteiger partial charge is 0.180 e. The number of anilines is 1. The van der Waals surface area contributed by atoms with Gasteiger partial charge in [-0.15, -0.1) is 0 Å². The minimum Gasteiger partial charge on any atom is -0.349 e. The van der Waals surface area contributed by atoms with Gasteiger partial charge >= 0.3 is 0 Å². The number of likely N-dealkylation sites (N-methyl/N-ethyl adjacent to an activating group) is 1. The van der Waals surface area contributed by atoms with E-state index in [1.807, 2.05) is 23.0 Å². The Kier molecular flexibility index (Phi) is 3.45. The zero-order valence-electron chi connectivity index (χ0n) is 11.3. The number of fused-ring (bicyclic) bond motifs is 1. The van der Waals surface area contributed by atoms with E-state index in [2.05, 4.69) is 49.8 Å². The van der Waals surface area contributed by atoms with Gasteiger partial charge in [0, 0.05) is 37.7 Å². The molecule has 0 aliphatic carbocycles. The Bertz CT molecular complexity index is 579. The van der Waals surface area contributed by atoms with Gasteiger partial charge in [-0.25, -0.2) is 9.97 Å². The SMILES string of the molecule is CN(C)CC1CCCN1c1nc(Br)cn2ccnc12. The molecular formula is C13H18BrN5. The summed E-state index contributed by atoms with van der Waals surface area (Å²) in [6, 6.07) is 0.525. The summed E-state index contributed by atoms with van der Waals surface area (Å²) in [6.07, 6.45) is 8.17. The number of hydrogen-bond donors (Lipinski definition) is 0. The van der Waals surface area contributed by atoms with Gasteiger partial charge in [0.1, 0.15) is 4.60 Å². The molecule has 0 bridgehead atoms.